The third-order valence-corrected chi connectivity index (χ3v) is 3.79. The summed E-state index contributed by atoms with van der Waals surface area (Å²) in [7, 11) is 0. The summed E-state index contributed by atoms with van der Waals surface area (Å²) in [6.45, 7) is 0.671. The zero-order valence-corrected chi connectivity index (χ0v) is 11.9. The number of nitrogens with one attached hydrogen (secondary N) is 1. The summed E-state index contributed by atoms with van der Waals surface area (Å²) in [4.78, 5) is 13.6. The molecule has 1 aromatic rings. The maximum Gasteiger partial charge on any atom is 0.250 e. The van der Waals surface area contributed by atoms with Gasteiger partial charge < -0.3 is 5.32 Å². The Morgan fingerprint density at radius 1 is 1.32 bits per heavy atom. The number of carbonyl (C=O) groups is 1. The number of carbonyl (C=O) groups excluding carboxylic acids is 1. The van der Waals surface area contributed by atoms with Crippen LogP contribution in [0.25, 0.3) is 0 Å². The molecule has 1 saturated heterocycles. The Hall–Kier alpha value is -1.01. The molecule has 0 aromatic heterocycles. The van der Waals surface area contributed by atoms with Gasteiger partial charge in [-0.3, -0.25) is 9.69 Å². The fraction of sp³-hybridized carbons (Fsp3) is 0.462. The highest BCUT2D eigenvalue weighted by atomic mass is 79.9. The zero-order chi connectivity index (χ0) is 13.9. The largest absolute Gasteiger partial charge is 0.324 e. The first-order valence-corrected chi connectivity index (χ1v) is 6.90. The number of nitrogens with zero attached hydrogens (tertiary/aromatic N) is 1. The Balaban J connectivity index is 1.84. The Morgan fingerprint density at radius 2 is 1.95 bits per heavy atom. The van der Waals surface area contributed by atoms with Gasteiger partial charge in [-0.1, -0.05) is 12.1 Å². The molecule has 104 valence electrons. The van der Waals surface area contributed by atoms with Crippen LogP contribution in [0.3, 0.4) is 0 Å². The molecule has 0 unspecified atom stereocenters. The molecule has 3 nitrogen and oxygen atoms in total. The fourth-order valence-corrected chi connectivity index (χ4v) is 2.38. The fourth-order valence-electron chi connectivity index (χ4n) is 1.99. The lowest BCUT2D eigenvalue weighted by Crippen LogP contribution is -2.43. The van der Waals surface area contributed by atoms with E-state index in [4.69, 9.17) is 0 Å². The molecule has 0 bridgehead atoms. The maximum absolute atomic E-state index is 13.0. The van der Waals surface area contributed by atoms with Crippen LogP contribution in [0.1, 0.15) is 12.8 Å². The average Bonchev–Trinajstić information content (AvgIpc) is 2.35. The minimum absolute atomic E-state index is 0.150. The molecule has 1 fully saturated rings. The van der Waals surface area contributed by atoms with E-state index < -0.39 is 5.92 Å². The van der Waals surface area contributed by atoms with Crippen LogP contribution >= 0.6 is 15.9 Å². The van der Waals surface area contributed by atoms with Crippen molar-refractivity contribution in [2.24, 2.45) is 0 Å². The van der Waals surface area contributed by atoms with Crippen LogP contribution in [0.2, 0.25) is 0 Å². The van der Waals surface area contributed by atoms with Crippen LogP contribution in [-0.2, 0) is 4.79 Å². The number of para-hydroxylation sites is 1. The number of rotatable bonds is 3. The number of alkyl halides is 2. The lowest BCUT2D eigenvalue weighted by atomic mass is 10.1. The van der Waals surface area contributed by atoms with Crippen molar-refractivity contribution >= 4 is 27.5 Å². The quantitative estimate of drug-likeness (QED) is 0.922. The molecule has 0 saturated carbocycles. The van der Waals surface area contributed by atoms with Crippen LogP contribution in [0.5, 0.6) is 0 Å². The second-order valence-corrected chi connectivity index (χ2v) is 5.51. The van der Waals surface area contributed by atoms with Crippen molar-refractivity contribution in [1.82, 2.24) is 4.90 Å². The van der Waals surface area contributed by atoms with Crippen molar-refractivity contribution in [1.29, 1.82) is 0 Å². The lowest BCUT2D eigenvalue weighted by Gasteiger charge is -2.31. The Bertz CT molecular complexity index is 458. The van der Waals surface area contributed by atoms with Crippen LogP contribution in [0.15, 0.2) is 28.7 Å². The number of piperidine rings is 1. The Labute approximate surface area is 119 Å². The highest BCUT2D eigenvalue weighted by Gasteiger charge is 2.34. The van der Waals surface area contributed by atoms with Gasteiger partial charge in [0.25, 0.3) is 5.92 Å². The normalized spacial score (nSPS) is 19.1. The zero-order valence-electron chi connectivity index (χ0n) is 10.3. The average molecular weight is 333 g/mol. The second kappa shape index (κ2) is 5.96. The second-order valence-electron chi connectivity index (χ2n) is 4.66. The predicted molar refractivity (Wildman–Crippen MR) is 73.4 cm³/mol. The summed E-state index contributed by atoms with van der Waals surface area (Å²) in [6, 6.07) is 7.29. The van der Waals surface area contributed by atoms with Crippen LogP contribution in [-0.4, -0.2) is 36.4 Å². The van der Waals surface area contributed by atoms with Gasteiger partial charge in [0.1, 0.15) is 0 Å². The first-order valence-electron chi connectivity index (χ1n) is 6.11. The van der Waals surface area contributed by atoms with Gasteiger partial charge in [-0.05, 0) is 28.1 Å². The van der Waals surface area contributed by atoms with Crippen molar-refractivity contribution in [2.45, 2.75) is 18.8 Å². The first kappa shape index (κ1) is 14.4. The summed E-state index contributed by atoms with van der Waals surface area (Å²) in [5, 5.41) is 2.76. The lowest BCUT2D eigenvalue weighted by molar-refractivity contribution is -0.119. The summed E-state index contributed by atoms with van der Waals surface area (Å²) in [5.41, 5.74) is 0.690. The molecule has 1 amide bonds. The number of hydrogen-bond acceptors (Lipinski definition) is 2. The van der Waals surface area contributed by atoms with E-state index in [0.29, 0.717) is 5.69 Å². The highest BCUT2D eigenvalue weighted by molar-refractivity contribution is 9.10. The van der Waals surface area contributed by atoms with E-state index in [2.05, 4.69) is 21.2 Å². The standard InChI is InChI=1S/C13H15BrF2N2O/c14-10-3-1-2-4-11(10)17-12(19)9-18-7-5-13(15,16)6-8-18/h1-4H,5-9H2,(H,17,19). The van der Waals surface area contributed by atoms with Gasteiger partial charge in [-0.15, -0.1) is 0 Å². The van der Waals surface area contributed by atoms with Crippen molar-refractivity contribution in [3.05, 3.63) is 28.7 Å². The van der Waals surface area contributed by atoms with Gasteiger partial charge in [0.2, 0.25) is 5.91 Å². The van der Waals surface area contributed by atoms with E-state index in [1.165, 1.54) is 0 Å². The van der Waals surface area contributed by atoms with Crippen molar-refractivity contribution in [3.8, 4) is 0 Å². The minimum Gasteiger partial charge on any atom is -0.324 e. The third-order valence-electron chi connectivity index (χ3n) is 3.10. The first-order chi connectivity index (χ1) is 8.96. The monoisotopic (exact) mass is 332 g/mol. The van der Waals surface area contributed by atoms with E-state index in [1.54, 1.807) is 11.0 Å². The molecular weight excluding hydrogens is 318 g/mol. The molecule has 0 radical (unpaired) electrons. The van der Waals surface area contributed by atoms with Crippen molar-refractivity contribution < 1.29 is 13.6 Å². The molecule has 1 N–H and O–H groups in total. The van der Waals surface area contributed by atoms with E-state index in [1.807, 2.05) is 18.2 Å². The van der Waals surface area contributed by atoms with Crippen LogP contribution in [0, 0.1) is 0 Å². The van der Waals surface area contributed by atoms with Gasteiger partial charge in [0.05, 0.1) is 12.2 Å². The minimum atomic E-state index is -2.57. The number of amides is 1. The van der Waals surface area contributed by atoms with Gasteiger partial charge in [0.15, 0.2) is 0 Å². The number of anilines is 1. The molecule has 0 spiro atoms. The number of benzene rings is 1. The number of hydrogen-bond donors (Lipinski definition) is 1. The molecule has 1 aliphatic rings. The SMILES string of the molecule is O=C(CN1CCC(F)(F)CC1)Nc1ccccc1Br. The van der Waals surface area contributed by atoms with Crippen molar-refractivity contribution in [3.63, 3.8) is 0 Å². The van der Waals surface area contributed by atoms with Gasteiger partial charge in [-0.25, -0.2) is 8.78 Å². The predicted octanol–water partition coefficient (Wildman–Crippen LogP) is 3.12. The van der Waals surface area contributed by atoms with Crippen LogP contribution < -0.4 is 5.32 Å². The summed E-state index contributed by atoms with van der Waals surface area (Å²) in [6.07, 6.45) is -0.343. The van der Waals surface area contributed by atoms with E-state index in [-0.39, 0.29) is 38.4 Å². The maximum atomic E-state index is 13.0. The van der Waals surface area contributed by atoms with E-state index in [0.717, 1.165) is 4.47 Å². The van der Waals surface area contributed by atoms with E-state index >= 15 is 0 Å². The molecule has 1 heterocycles. The van der Waals surface area contributed by atoms with Gasteiger partial charge >= 0.3 is 0 Å². The third kappa shape index (κ3) is 4.24. The summed E-state index contributed by atoms with van der Waals surface area (Å²) in [5.74, 6) is -2.76. The molecule has 0 aliphatic carbocycles. The number of likely N-dealkylation sites (tertiary alicyclic amines) is 1. The van der Waals surface area contributed by atoms with Crippen LogP contribution in [0.4, 0.5) is 14.5 Å². The number of halogens is 3. The smallest absolute Gasteiger partial charge is 0.250 e. The highest BCUT2D eigenvalue weighted by Crippen LogP contribution is 2.27. The van der Waals surface area contributed by atoms with Crippen molar-refractivity contribution in [2.75, 3.05) is 25.0 Å². The van der Waals surface area contributed by atoms with Gasteiger partial charge in [0, 0.05) is 30.4 Å². The molecule has 19 heavy (non-hydrogen) atoms. The molecule has 1 aromatic carbocycles. The molecular formula is C13H15BrF2N2O. The summed E-state index contributed by atoms with van der Waals surface area (Å²) >= 11 is 3.34. The topological polar surface area (TPSA) is 32.3 Å². The molecule has 6 heteroatoms. The van der Waals surface area contributed by atoms with E-state index in [9.17, 15) is 13.6 Å². The molecule has 0 atom stereocenters. The Morgan fingerprint density at radius 3 is 2.58 bits per heavy atom. The Kier molecular flexibility index (Phi) is 4.52. The molecule has 2 rings (SSSR count). The molecule has 1 aliphatic heterocycles. The summed E-state index contributed by atoms with van der Waals surface area (Å²) < 4.78 is 26.8. The van der Waals surface area contributed by atoms with Gasteiger partial charge in [-0.2, -0.15) is 0 Å².